The first-order valence-electron chi connectivity index (χ1n) is 5.70. The third-order valence-electron chi connectivity index (χ3n) is 2.72. The number of rotatable bonds is 4. The molecule has 1 aromatic carbocycles. The van der Waals surface area contributed by atoms with Gasteiger partial charge in [0, 0.05) is 17.5 Å². The van der Waals surface area contributed by atoms with Crippen LogP contribution < -0.4 is 11.1 Å². The Morgan fingerprint density at radius 1 is 1.41 bits per heavy atom. The molecule has 2 aromatic rings. The summed E-state index contributed by atoms with van der Waals surface area (Å²) >= 11 is 0. The van der Waals surface area contributed by atoms with E-state index in [4.69, 9.17) is 10.2 Å². The van der Waals surface area contributed by atoms with Crippen molar-refractivity contribution in [1.82, 2.24) is 5.32 Å². The topological polar surface area (TPSA) is 68.3 Å². The Morgan fingerprint density at radius 2 is 2.18 bits per heavy atom. The van der Waals surface area contributed by atoms with Crippen molar-refractivity contribution in [2.75, 3.05) is 13.1 Å². The van der Waals surface area contributed by atoms with Crippen LogP contribution in [0.25, 0.3) is 11.0 Å². The van der Waals surface area contributed by atoms with Gasteiger partial charge in [0.25, 0.3) is 5.91 Å². The molecule has 0 spiro atoms. The van der Waals surface area contributed by atoms with E-state index in [1.807, 2.05) is 31.2 Å². The molecule has 4 nitrogen and oxygen atoms in total. The molecule has 0 radical (unpaired) electrons. The van der Waals surface area contributed by atoms with Crippen LogP contribution in [0.15, 0.2) is 28.7 Å². The minimum absolute atomic E-state index is 0.174. The van der Waals surface area contributed by atoms with Crippen LogP contribution in [0, 0.1) is 6.92 Å². The van der Waals surface area contributed by atoms with Crippen LogP contribution in [0.1, 0.15) is 22.5 Å². The number of nitrogens with two attached hydrogens (primary N) is 1. The number of benzene rings is 1. The van der Waals surface area contributed by atoms with Gasteiger partial charge in [-0.1, -0.05) is 18.2 Å². The molecule has 0 atom stereocenters. The van der Waals surface area contributed by atoms with Crippen molar-refractivity contribution in [3.63, 3.8) is 0 Å². The highest BCUT2D eigenvalue weighted by molar-refractivity contribution is 5.98. The van der Waals surface area contributed by atoms with E-state index >= 15 is 0 Å². The van der Waals surface area contributed by atoms with Crippen molar-refractivity contribution in [3.05, 3.63) is 35.6 Å². The smallest absolute Gasteiger partial charge is 0.287 e. The summed E-state index contributed by atoms with van der Waals surface area (Å²) in [7, 11) is 0. The number of carbonyl (C=O) groups is 1. The molecule has 0 aliphatic heterocycles. The predicted molar refractivity (Wildman–Crippen MR) is 67.0 cm³/mol. The Hall–Kier alpha value is -1.81. The average Bonchev–Trinajstić information content (AvgIpc) is 2.68. The van der Waals surface area contributed by atoms with E-state index in [0.717, 1.165) is 23.0 Å². The second kappa shape index (κ2) is 5.01. The first-order chi connectivity index (χ1) is 8.24. The summed E-state index contributed by atoms with van der Waals surface area (Å²) in [5, 5.41) is 3.77. The number of furan rings is 1. The van der Waals surface area contributed by atoms with Crippen LogP contribution in [0.4, 0.5) is 0 Å². The lowest BCUT2D eigenvalue weighted by atomic mass is 10.1. The minimum Gasteiger partial charge on any atom is -0.451 e. The fourth-order valence-electron chi connectivity index (χ4n) is 1.78. The molecule has 0 unspecified atom stereocenters. The van der Waals surface area contributed by atoms with Gasteiger partial charge in [0.2, 0.25) is 0 Å². The molecule has 17 heavy (non-hydrogen) atoms. The number of carbonyl (C=O) groups excluding carboxylic acids is 1. The standard InChI is InChI=1S/C13H16N2O2/c1-9-10-5-2-3-6-11(10)17-12(9)13(16)15-8-4-7-14/h2-3,5-6H,4,7-8,14H2,1H3,(H,15,16). The van der Waals surface area contributed by atoms with E-state index in [0.29, 0.717) is 18.8 Å². The number of para-hydroxylation sites is 1. The molecule has 90 valence electrons. The summed E-state index contributed by atoms with van der Waals surface area (Å²) in [6, 6.07) is 7.63. The molecule has 0 aliphatic rings. The maximum Gasteiger partial charge on any atom is 0.287 e. The van der Waals surface area contributed by atoms with E-state index in [-0.39, 0.29) is 5.91 Å². The van der Waals surface area contributed by atoms with Crippen LogP contribution in [0.5, 0.6) is 0 Å². The van der Waals surface area contributed by atoms with Crippen molar-refractivity contribution in [1.29, 1.82) is 0 Å². The third-order valence-corrected chi connectivity index (χ3v) is 2.72. The zero-order valence-corrected chi connectivity index (χ0v) is 9.82. The number of nitrogens with one attached hydrogen (secondary N) is 1. The van der Waals surface area contributed by atoms with E-state index < -0.39 is 0 Å². The van der Waals surface area contributed by atoms with E-state index in [1.54, 1.807) is 0 Å². The Morgan fingerprint density at radius 3 is 2.88 bits per heavy atom. The van der Waals surface area contributed by atoms with Gasteiger partial charge in [0.1, 0.15) is 5.58 Å². The number of aryl methyl sites for hydroxylation is 1. The van der Waals surface area contributed by atoms with Gasteiger partial charge in [-0.25, -0.2) is 0 Å². The van der Waals surface area contributed by atoms with Crippen LogP contribution in [0.2, 0.25) is 0 Å². The van der Waals surface area contributed by atoms with Gasteiger partial charge in [-0.15, -0.1) is 0 Å². The van der Waals surface area contributed by atoms with Gasteiger partial charge < -0.3 is 15.5 Å². The Kier molecular flexibility index (Phi) is 3.44. The Balaban J connectivity index is 2.23. The summed E-state index contributed by atoms with van der Waals surface area (Å²) in [5.74, 6) is 0.218. The summed E-state index contributed by atoms with van der Waals surface area (Å²) in [4.78, 5) is 11.9. The summed E-state index contributed by atoms with van der Waals surface area (Å²) in [5.41, 5.74) is 6.99. The molecular formula is C13H16N2O2. The van der Waals surface area contributed by atoms with Gasteiger partial charge in [-0.3, -0.25) is 4.79 Å². The maximum atomic E-state index is 11.9. The van der Waals surface area contributed by atoms with Crippen molar-refractivity contribution >= 4 is 16.9 Å². The number of amides is 1. The normalized spacial score (nSPS) is 10.7. The minimum atomic E-state index is -0.174. The quantitative estimate of drug-likeness (QED) is 0.790. The first-order valence-corrected chi connectivity index (χ1v) is 5.70. The summed E-state index contributed by atoms with van der Waals surface area (Å²) < 4.78 is 5.55. The SMILES string of the molecule is Cc1c(C(=O)NCCCN)oc2ccccc12. The van der Waals surface area contributed by atoms with Crippen molar-refractivity contribution in [3.8, 4) is 0 Å². The highest BCUT2D eigenvalue weighted by Crippen LogP contribution is 2.24. The molecular weight excluding hydrogens is 216 g/mol. The fourth-order valence-corrected chi connectivity index (χ4v) is 1.78. The number of fused-ring (bicyclic) bond motifs is 1. The Bertz CT molecular complexity index is 531. The second-order valence-corrected chi connectivity index (χ2v) is 3.95. The molecule has 1 amide bonds. The number of hydrogen-bond donors (Lipinski definition) is 2. The Labute approximate surface area is 99.8 Å². The number of hydrogen-bond acceptors (Lipinski definition) is 3. The van der Waals surface area contributed by atoms with Gasteiger partial charge in [-0.05, 0) is 26.0 Å². The third kappa shape index (κ3) is 2.31. The van der Waals surface area contributed by atoms with Gasteiger partial charge in [-0.2, -0.15) is 0 Å². The van der Waals surface area contributed by atoms with Crippen LogP contribution in [0.3, 0.4) is 0 Å². The average molecular weight is 232 g/mol. The monoisotopic (exact) mass is 232 g/mol. The lowest BCUT2D eigenvalue weighted by molar-refractivity contribution is 0.0927. The van der Waals surface area contributed by atoms with Crippen LogP contribution in [-0.4, -0.2) is 19.0 Å². The molecule has 0 saturated heterocycles. The van der Waals surface area contributed by atoms with E-state index in [2.05, 4.69) is 5.32 Å². The molecule has 1 heterocycles. The molecule has 3 N–H and O–H groups in total. The maximum absolute atomic E-state index is 11.9. The summed E-state index contributed by atoms with van der Waals surface area (Å²) in [6.07, 6.45) is 0.769. The lowest BCUT2D eigenvalue weighted by Crippen LogP contribution is -2.26. The van der Waals surface area contributed by atoms with Gasteiger partial charge in [0.05, 0.1) is 0 Å². The largest absolute Gasteiger partial charge is 0.451 e. The second-order valence-electron chi connectivity index (χ2n) is 3.95. The zero-order chi connectivity index (χ0) is 12.3. The van der Waals surface area contributed by atoms with Crippen molar-refractivity contribution < 1.29 is 9.21 Å². The molecule has 0 bridgehead atoms. The van der Waals surface area contributed by atoms with Gasteiger partial charge in [0.15, 0.2) is 5.76 Å². The lowest BCUT2D eigenvalue weighted by Gasteiger charge is -2.01. The molecule has 4 heteroatoms. The predicted octanol–water partition coefficient (Wildman–Crippen LogP) is 1.82. The first kappa shape index (κ1) is 11.7. The molecule has 0 aliphatic carbocycles. The van der Waals surface area contributed by atoms with E-state index in [9.17, 15) is 4.79 Å². The highest BCUT2D eigenvalue weighted by Gasteiger charge is 2.16. The molecule has 1 aromatic heterocycles. The fraction of sp³-hybridized carbons (Fsp3) is 0.308. The molecule has 2 rings (SSSR count). The highest BCUT2D eigenvalue weighted by atomic mass is 16.3. The molecule has 0 saturated carbocycles. The van der Waals surface area contributed by atoms with Crippen molar-refractivity contribution in [2.45, 2.75) is 13.3 Å². The van der Waals surface area contributed by atoms with Crippen LogP contribution >= 0.6 is 0 Å². The molecule has 0 fully saturated rings. The van der Waals surface area contributed by atoms with E-state index in [1.165, 1.54) is 0 Å². The zero-order valence-electron chi connectivity index (χ0n) is 9.82. The van der Waals surface area contributed by atoms with Crippen molar-refractivity contribution in [2.24, 2.45) is 5.73 Å². The summed E-state index contributed by atoms with van der Waals surface area (Å²) in [6.45, 7) is 3.04. The van der Waals surface area contributed by atoms with Gasteiger partial charge >= 0.3 is 0 Å². The van der Waals surface area contributed by atoms with Crippen LogP contribution in [-0.2, 0) is 0 Å².